The third-order valence-corrected chi connectivity index (χ3v) is 5.58. The molecule has 2 aliphatic rings. The van der Waals surface area contributed by atoms with Crippen LogP contribution in [0.2, 0.25) is 0 Å². The zero-order chi connectivity index (χ0) is 18.1. The first-order valence-corrected chi connectivity index (χ1v) is 9.66. The molecule has 2 aromatic rings. The van der Waals surface area contributed by atoms with E-state index >= 15 is 0 Å². The Morgan fingerprint density at radius 2 is 1.81 bits per heavy atom. The first-order valence-electron chi connectivity index (χ1n) is 9.66. The predicted octanol–water partition coefficient (Wildman–Crippen LogP) is 4.10. The lowest BCUT2D eigenvalue weighted by Gasteiger charge is -2.26. The normalized spacial score (nSPS) is 21.0. The molecule has 4 nitrogen and oxygen atoms in total. The lowest BCUT2D eigenvalue weighted by molar-refractivity contribution is 0.170. The molecule has 138 valence electrons. The second kappa shape index (κ2) is 7.28. The lowest BCUT2D eigenvalue weighted by Crippen LogP contribution is -2.25. The van der Waals surface area contributed by atoms with E-state index in [1.165, 1.54) is 17.5 Å². The van der Waals surface area contributed by atoms with Crippen molar-refractivity contribution in [2.24, 2.45) is 5.92 Å². The van der Waals surface area contributed by atoms with Crippen LogP contribution < -0.4 is 9.47 Å². The van der Waals surface area contributed by atoms with E-state index < -0.39 is 0 Å². The van der Waals surface area contributed by atoms with E-state index in [2.05, 4.69) is 61.0 Å². The highest BCUT2D eigenvalue weighted by Crippen LogP contribution is 2.35. The van der Waals surface area contributed by atoms with Gasteiger partial charge >= 0.3 is 0 Å². The Hall–Kier alpha value is -2.07. The summed E-state index contributed by atoms with van der Waals surface area (Å²) in [6.07, 6.45) is 2.41. The van der Waals surface area contributed by atoms with E-state index in [1.807, 2.05) is 0 Å². The summed E-state index contributed by atoms with van der Waals surface area (Å²) in [5, 5.41) is 0. The zero-order valence-corrected chi connectivity index (χ0v) is 16.0. The molecule has 0 spiro atoms. The number of nitrogens with zero attached hydrogens (tertiary/aromatic N) is 2. The van der Waals surface area contributed by atoms with Crippen molar-refractivity contribution in [2.75, 3.05) is 26.3 Å². The van der Waals surface area contributed by atoms with Crippen LogP contribution in [0.5, 0.6) is 11.5 Å². The van der Waals surface area contributed by atoms with Crippen molar-refractivity contribution in [3.63, 3.8) is 0 Å². The summed E-state index contributed by atoms with van der Waals surface area (Å²) >= 11 is 0. The SMILES string of the molecule is Cc1cc(CC2CCN(C(C)c3ccc4c(c3)OCCO4)C2)cc(C)n1. The van der Waals surface area contributed by atoms with Crippen LogP contribution in [0.1, 0.15) is 41.9 Å². The zero-order valence-electron chi connectivity index (χ0n) is 16.0. The monoisotopic (exact) mass is 352 g/mol. The molecular weight excluding hydrogens is 324 g/mol. The molecular formula is C22H28N2O2. The minimum atomic E-state index is 0.400. The van der Waals surface area contributed by atoms with Crippen LogP contribution in [0.4, 0.5) is 0 Å². The third-order valence-electron chi connectivity index (χ3n) is 5.58. The van der Waals surface area contributed by atoms with Gasteiger partial charge in [0.2, 0.25) is 0 Å². The summed E-state index contributed by atoms with van der Waals surface area (Å²) < 4.78 is 11.4. The molecule has 0 N–H and O–H groups in total. The van der Waals surface area contributed by atoms with Gasteiger partial charge in [-0.1, -0.05) is 6.07 Å². The average Bonchev–Trinajstić information content (AvgIpc) is 3.08. The van der Waals surface area contributed by atoms with Gasteiger partial charge in [-0.2, -0.15) is 0 Å². The largest absolute Gasteiger partial charge is 0.486 e. The smallest absolute Gasteiger partial charge is 0.161 e. The lowest BCUT2D eigenvalue weighted by atomic mass is 9.98. The van der Waals surface area contributed by atoms with Crippen LogP contribution in [-0.2, 0) is 6.42 Å². The Labute approximate surface area is 156 Å². The quantitative estimate of drug-likeness (QED) is 0.830. The van der Waals surface area contributed by atoms with Gasteiger partial charge in [0, 0.05) is 24.0 Å². The van der Waals surface area contributed by atoms with E-state index in [9.17, 15) is 0 Å². The number of hydrogen-bond acceptors (Lipinski definition) is 4. The Morgan fingerprint density at radius 1 is 1.08 bits per heavy atom. The second-order valence-corrected chi connectivity index (χ2v) is 7.69. The molecule has 0 amide bonds. The summed E-state index contributed by atoms with van der Waals surface area (Å²) in [5.41, 5.74) is 4.98. The number of benzene rings is 1. The topological polar surface area (TPSA) is 34.6 Å². The second-order valence-electron chi connectivity index (χ2n) is 7.69. The van der Waals surface area contributed by atoms with Crippen LogP contribution in [0.25, 0.3) is 0 Å². The molecule has 0 bridgehead atoms. The maximum absolute atomic E-state index is 5.75. The van der Waals surface area contributed by atoms with Gasteiger partial charge < -0.3 is 9.47 Å². The highest BCUT2D eigenvalue weighted by Gasteiger charge is 2.27. The summed E-state index contributed by atoms with van der Waals surface area (Å²) in [6.45, 7) is 10.1. The summed E-state index contributed by atoms with van der Waals surface area (Å²) in [4.78, 5) is 7.09. The van der Waals surface area contributed by atoms with E-state index in [4.69, 9.17) is 9.47 Å². The minimum absolute atomic E-state index is 0.400. The fourth-order valence-electron chi connectivity index (χ4n) is 4.28. The fraction of sp³-hybridized carbons (Fsp3) is 0.500. The number of aryl methyl sites for hydroxylation is 2. The van der Waals surface area contributed by atoms with E-state index in [0.29, 0.717) is 19.3 Å². The first kappa shape index (κ1) is 17.3. The Kier molecular flexibility index (Phi) is 4.86. The molecule has 0 saturated carbocycles. The molecule has 4 rings (SSSR count). The predicted molar refractivity (Wildman–Crippen MR) is 103 cm³/mol. The summed E-state index contributed by atoms with van der Waals surface area (Å²) in [6, 6.07) is 11.3. The molecule has 2 aliphatic heterocycles. The van der Waals surface area contributed by atoms with Gasteiger partial charge in [-0.15, -0.1) is 0 Å². The first-order chi connectivity index (χ1) is 12.6. The van der Waals surface area contributed by atoms with Gasteiger partial charge in [-0.3, -0.25) is 9.88 Å². The third kappa shape index (κ3) is 3.70. The van der Waals surface area contributed by atoms with Gasteiger partial charge in [-0.25, -0.2) is 0 Å². The van der Waals surface area contributed by atoms with E-state index in [0.717, 1.165) is 48.3 Å². The van der Waals surface area contributed by atoms with Gasteiger partial charge in [0.1, 0.15) is 13.2 Å². The van der Waals surface area contributed by atoms with Gasteiger partial charge in [0.05, 0.1) is 0 Å². The van der Waals surface area contributed by atoms with Crippen LogP contribution in [0.3, 0.4) is 0 Å². The van der Waals surface area contributed by atoms with Crippen LogP contribution >= 0.6 is 0 Å². The van der Waals surface area contributed by atoms with Crippen molar-refractivity contribution in [3.05, 3.63) is 52.8 Å². The van der Waals surface area contributed by atoms with Gasteiger partial charge in [-0.05, 0) is 81.5 Å². The molecule has 0 radical (unpaired) electrons. The minimum Gasteiger partial charge on any atom is -0.486 e. The molecule has 2 unspecified atom stereocenters. The molecule has 26 heavy (non-hydrogen) atoms. The number of ether oxygens (including phenoxy) is 2. The number of aromatic nitrogens is 1. The highest BCUT2D eigenvalue weighted by molar-refractivity contribution is 5.44. The Balaban J connectivity index is 1.41. The highest BCUT2D eigenvalue weighted by atomic mass is 16.6. The maximum Gasteiger partial charge on any atom is 0.161 e. The molecule has 2 atom stereocenters. The number of rotatable bonds is 4. The Bertz CT molecular complexity index is 769. The van der Waals surface area contributed by atoms with Gasteiger partial charge in [0.15, 0.2) is 11.5 Å². The van der Waals surface area contributed by atoms with Crippen molar-refractivity contribution < 1.29 is 9.47 Å². The molecule has 1 aromatic heterocycles. The van der Waals surface area contributed by atoms with Crippen LogP contribution in [-0.4, -0.2) is 36.2 Å². The molecule has 3 heterocycles. The van der Waals surface area contributed by atoms with Crippen molar-refractivity contribution in [1.29, 1.82) is 0 Å². The Morgan fingerprint density at radius 3 is 2.58 bits per heavy atom. The molecule has 1 aromatic carbocycles. The number of hydrogen-bond donors (Lipinski definition) is 0. The van der Waals surface area contributed by atoms with E-state index in [-0.39, 0.29) is 0 Å². The molecule has 1 fully saturated rings. The molecule has 4 heteroatoms. The summed E-state index contributed by atoms with van der Waals surface area (Å²) in [7, 11) is 0. The summed E-state index contributed by atoms with van der Waals surface area (Å²) in [5.74, 6) is 2.48. The molecule has 1 saturated heterocycles. The van der Waals surface area contributed by atoms with Crippen LogP contribution in [0.15, 0.2) is 30.3 Å². The standard InChI is InChI=1S/C22H28N2O2/c1-15-10-19(11-16(2)23-15)12-18-6-7-24(14-18)17(3)20-4-5-21-22(13-20)26-9-8-25-21/h4-5,10-11,13,17-18H,6-9,12,14H2,1-3H3. The van der Waals surface area contributed by atoms with Crippen molar-refractivity contribution in [3.8, 4) is 11.5 Å². The van der Waals surface area contributed by atoms with E-state index in [1.54, 1.807) is 0 Å². The fourth-order valence-corrected chi connectivity index (χ4v) is 4.28. The number of likely N-dealkylation sites (tertiary alicyclic amines) is 1. The maximum atomic E-state index is 5.75. The van der Waals surface area contributed by atoms with Crippen molar-refractivity contribution in [1.82, 2.24) is 9.88 Å². The van der Waals surface area contributed by atoms with Gasteiger partial charge in [0.25, 0.3) is 0 Å². The number of pyridine rings is 1. The van der Waals surface area contributed by atoms with Crippen LogP contribution in [0, 0.1) is 19.8 Å². The van der Waals surface area contributed by atoms with Crippen molar-refractivity contribution >= 4 is 0 Å². The molecule has 0 aliphatic carbocycles. The van der Waals surface area contributed by atoms with Crippen molar-refractivity contribution in [2.45, 2.75) is 39.7 Å². The average molecular weight is 352 g/mol. The number of fused-ring (bicyclic) bond motifs is 1.